The van der Waals surface area contributed by atoms with Crippen LogP contribution in [0.15, 0.2) is 76.2 Å². The number of para-hydroxylation sites is 1. The molecule has 0 aliphatic rings. The lowest BCUT2D eigenvalue weighted by Crippen LogP contribution is -2.20. The Morgan fingerprint density at radius 1 is 1.14 bits per heavy atom. The highest BCUT2D eigenvalue weighted by atomic mass is 79.9. The molecule has 0 saturated carbocycles. The van der Waals surface area contributed by atoms with Crippen molar-refractivity contribution in [1.29, 1.82) is 0 Å². The molecule has 0 saturated heterocycles. The lowest BCUT2D eigenvalue weighted by atomic mass is 10.2. The van der Waals surface area contributed by atoms with Gasteiger partial charge in [-0.1, -0.05) is 35.9 Å². The van der Waals surface area contributed by atoms with Gasteiger partial charge in [-0.3, -0.25) is 9.79 Å². The molecule has 142 valence electrons. The first-order valence-corrected chi connectivity index (χ1v) is 9.76. The number of carbonyl (C=O) groups excluding carboxylic acids is 1. The van der Waals surface area contributed by atoms with Crippen molar-refractivity contribution >= 4 is 51.0 Å². The van der Waals surface area contributed by atoms with Gasteiger partial charge in [0.15, 0.2) is 6.61 Å². The third-order valence-corrected chi connectivity index (χ3v) is 4.99. The maximum absolute atomic E-state index is 12.0. The molecule has 1 N–H and O–H groups in total. The van der Waals surface area contributed by atoms with Gasteiger partial charge in [0.2, 0.25) is 0 Å². The van der Waals surface area contributed by atoms with E-state index >= 15 is 0 Å². The van der Waals surface area contributed by atoms with E-state index in [-0.39, 0.29) is 12.5 Å². The van der Waals surface area contributed by atoms with Crippen molar-refractivity contribution in [3.8, 4) is 5.75 Å². The maximum Gasteiger partial charge on any atom is 0.262 e. The Bertz CT molecular complexity index is 1010. The van der Waals surface area contributed by atoms with Gasteiger partial charge in [0, 0.05) is 16.9 Å². The first kappa shape index (κ1) is 20.1. The number of hydrogen-bond acceptors (Lipinski definition) is 3. The maximum atomic E-state index is 12.0. The molecule has 28 heavy (non-hydrogen) atoms. The van der Waals surface area contributed by atoms with E-state index in [4.69, 9.17) is 16.3 Å². The Hall–Kier alpha value is -2.63. The number of rotatable bonds is 6. The molecule has 6 heteroatoms. The van der Waals surface area contributed by atoms with Crippen molar-refractivity contribution in [2.45, 2.75) is 6.92 Å². The van der Waals surface area contributed by atoms with Gasteiger partial charge in [0.25, 0.3) is 5.91 Å². The molecule has 0 heterocycles. The highest BCUT2D eigenvalue weighted by Gasteiger charge is 2.07. The largest absolute Gasteiger partial charge is 0.483 e. The van der Waals surface area contributed by atoms with Gasteiger partial charge in [0.05, 0.1) is 10.2 Å². The summed E-state index contributed by atoms with van der Waals surface area (Å²) in [5.41, 5.74) is 3.38. The van der Waals surface area contributed by atoms with Crippen molar-refractivity contribution in [2.24, 2.45) is 4.99 Å². The summed E-state index contributed by atoms with van der Waals surface area (Å²) in [6.45, 7) is 1.85. The summed E-state index contributed by atoms with van der Waals surface area (Å²) < 4.78 is 6.34. The van der Waals surface area contributed by atoms with Crippen LogP contribution in [0.2, 0.25) is 5.02 Å². The van der Waals surface area contributed by atoms with Gasteiger partial charge in [-0.25, -0.2) is 0 Å². The minimum atomic E-state index is -0.222. The van der Waals surface area contributed by atoms with Gasteiger partial charge in [-0.05, 0) is 76.4 Å². The number of carbonyl (C=O) groups is 1. The molecule has 4 nitrogen and oxygen atoms in total. The van der Waals surface area contributed by atoms with E-state index in [0.29, 0.717) is 10.8 Å². The Morgan fingerprint density at radius 3 is 2.68 bits per heavy atom. The van der Waals surface area contributed by atoms with Crippen LogP contribution in [-0.4, -0.2) is 18.7 Å². The second-order valence-electron chi connectivity index (χ2n) is 6.03. The minimum absolute atomic E-state index is 0.0807. The fraction of sp³-hybridized carbons (Fsp3) is 0.0909. The number of benzene rings is 3. The van der Waals surface area contributed by atoms with Crippen molar-refractivity contribution in [3.63, 3.8) is 0 Å². The summed E-state index contributed by atoms with van der Waals surface area (Å²) in [6.07, 6.45) is 1.76. The molecule has 0 aliphatic heterocycles. The first-order valence-electron chi connectivity index (χ1n) is 8.59. The van der Waals surface area contributed by atoms with Crippen LogP contribution in [0.3, 0.4) is 0 Å². The number of anilines is 1. The number of hydrogen-bond donors (Lipinski definition) is 1. The number of aliphatic imine (C=N–C) groups is 1. The van der Waals surface area contributed by atoms with E-state index in [9.17, 15) is 4.79 Å². The van der Waals surface area contributed by atoms with E-state index in [1.54, 1.807) is 12.3 Å². The molecule has 0 spiro atoms. The summed E-state index contributed by atoms with van der Waals surface area (Å²) >= 11 is 9.60. The van der Waals surface area contributed by atoms with Gasteiger partial charge in [-0.15, -0.1) is 0 Å². The molecule has 3 aromatic rings. The molecule has 0 bridgehead atoms. The average Bonchev–Trinajstić information content (AvgIpc) is 2.69. The highest BCUT2D eigenvalue weighted by molar-refractivity contribution is 9.10. The van der Waals surface area contributed by atoms with E-state index in [0.717, 1.165) is 27.0 Å². The number of nitrogens with zero attached hydrogens (tertiary/aromatic N) is 1. The predicted octanol–water partition coefficient (Wildman–Crippen LogP) is 6.18. The average molecular weight is 458 g/mol. The summed E-state index contributed by atoms with van der Waals surface area (Å²) in [5.74, 6) is 0.361. The molecule has 0 aliphatic carbocycles. The molecule has 1 amide bonds. The topological polar surface area (TPSA) is 50.7 Å². The van der Waals surface area contributed by atoms with E-state index < -0.39 is 0 Å². The molecular formula is C22H18BrClN2O2. The van der Waals surface area contributed by atoms with Crippen LogP contribution in [-0.2, 0) is 4.79 Å². The molecule has 0 radical (unpaired) electrons. The fourth-order valence-electron chi connectivity index (χ4n) is 2.46. The standard InChI is InChI=1S/C22H18BrClN2O2/c1-15-19(24)8-5-9-20(15)25-13-16-10-11-21(18(23)12-16)28-14-22(27)26-17-6-3-2-4-7-17/h2-13H,14H2,1H3,(H,26,27). The number of amides is 1. The first-order chi connectivity index (χ1) is 13.5. The van der Waals surface area contributed by atoms with Crippen molar-refractivity contribution < 1.29 is 9.53 Å². The van der Waals surface area contributed by atoms with E-state index in [1.807, 2.05) is 67.6 Å². The van der Waals surface area contributed by atoms with Crippen LogP contribution >= 0.6 is 27.5 Å². The normalized spacial score (nSPS) is 10.8. The zero-order valence-corrected chi connectivity index (χ0v) is 17.5. The zero-order chi connectivity index (χ0) is 19.9. The molecule has 0 atom stereocenters. The SMILES string of the molecule is Cc1c(Cl)cccc1N=Cc1ccc(OCC(=O)Nc2ccccc2)c(Br)c1. The minimum Gasteiger partial charge on any atom is -0.483 e. The van der Waals surface area contributed by atoms with Crippen LogP contribution in [0, 0.1) is 6.92 Å². The summed E-state index contributed by atoms with van der Waals surface area (Å²) in [7, 11) is 0. The number of nitrogens with one attached hydrogen (secondary N) is 1. The van der Waals surface area contributed by atoms with Crippen LogP contribution in [0.25, 0.3) is 0 Å². The molecule has 3 rings (SSSR count). The predicted molar refractivity (Wildman–Crippen MR) is 118 cm³/mol. The Balaban J connectivity index is 1.61. The van der Waals surface area contributed by atoms with Crippen molar-refractivity contribution in [2.75, 3.05) is 11.9 Å². The van der Waals surface area contributed by atoms with Crippen molar-refractivity contribution in [3.05, 3.63) is 87.4 Å². The Kier molecular flexibility index (Phi) is 6.85. The molecule has 0 aromatic heterocycles. The second kappa shape index (κ2) is 9.53. The van der Waals surface area contributed by atoms with Gasteiger partial charge >= 0.3 is 0 Å². The summed E-state index contributed by atoms with van der Waals surface area (Å²) in [4.78, 5) is 16.5. The van der Waals surface area contributed by atoms with Crippen LogP contribution in [0.4, 0.5) is 11.4 Å². The van der Waals surface area contributed by atoms with Crippen LogP contribution < -0.4 is 10.1 Å². The smallest absolute Gasteiger partial charge is 0.262 e. The van der Waals surface area contributed by atoms with Gasteiger partial charge in [-0.2, -0.15) is 0 Å². The Morgan fingerprint density at radius 2 is 1.93 bits per heavy atom. The lowest BCUT2D eigenvalue weighted by Gasteiger charge is -2.09. The van der Waals surface area contributed by atoms with Crippen molar-refractivity contribution in [1.82, 2.24) is 0 Å². The van der Waals surface area contributed by atoms with E-state index in [1.165, 1.54) is 0 Å². The van der Waals surface area contributed by atoms with Gasteiger partial charge < -0.3 is 10.1 Å². The zero-order valence-electron chi connectivity index (χ0n) is 15.2. The van der Waals surface area contributed by atoms with Crippen LogP contribution in [0.1, 0.15) is 11.1 Å². The van der Waals surface area contributed by atoms with Gasteiger partial charge in [0.1, 0.15) is 5.75 Å². The second-order valence-corrected chi connectivity index (χ2v) is 7.30. The molecule has 3 aromatic carbocycles. The third-order valence-electron chi connectivity index (χ3n) is 3.96. The molecular weight excluding hydrogens is 440 g/mol. The molecule has 0 fully saturated rings. The monoisotopic (exact) mass is 456 g/mol. The quantitative estimate of drug-likeness (QED) is 0.449. The summed E-state index contributed by atoms with van der Waals surface area (Å²) in [5, 5.41) is 3.47. The molecule has 0 unspecified atom stereocenters. The fourth-order valence-corrected chi connectivity index (χ4v) is 3.14. The Labute approximate surface area is 177 Å². The third kappa shape index (κ3) is 5.44. The van der Waals surface area contributed by atoms with E-state index in [2.05, 4.69) is 26.2 Å². The highest BCUT2D eigenvalue weighted by Crippen LogP contribution is 2.27. The number of ether oxygens (including phenoxy) is 1. The summed E-state index contributed by atoms with van der Waals surface area (Å²) in [6, 6.07) is 20.4. The number of halogens is 2. The lowest BCUT2D eigenvalue weighted by molar-refractivity contribution is -0.118. The van der Waals surface area contributed by atoms with Crippen LogP contribution in [0.5, 0.6) is 5.75 Å².